The van der Waals surface area contributed by atoms with Crippen LogP contribution in [0.5, 0.6) is 0 Å². The summed E-state index contributed by atoms with van der Waals surface area (Å²) in [5.41, 5.74) is 2.20. The third-order valence-electron chi connectivity index (χ3n) is 3.96. The maximum atomic E-state index is 10.7. The van der Waals surface area contributed by atoms with Gasteiger partial charge in [-0.05, 0) is 17.0 Å². The van der Waals surface area contributed by atoms with Gasteiger partial charge in [-0.15, -0.1) is 24.0 Å². The molecule has 0 fully saturated rings. The van der Waals surface area contributed by atoms with Crippen molar-refractivity contribution >= 4 is 35.6 Å². The van der Waals surface area contributed by atoms with Crippen LogP contribution in [0.25, 0.3) is 0 Å². The maximum absolute atomic E-state index is 10.7. The van der Waals surface area contributed by atoms with Crippen LogP contribution in [0.4, 0.5) is 5.69 Å². The fourth-order valence-corrected chi connectivity index (χ4v) is 2.42. The molecule has 0 aliphatic rings. The molecule has 0 spiro atoms. The Balaban J connectivity index is 0.00000392. The van der Waals surface area contributed by atoms with Crippen LogP contribution in [0, 0.1) is 16.0 Å². The number of halogens is 1. The van der Waals surface area contributed by atoms with E-state index in [1.807, 2.05) is 30.3 Å². The van der Waals surface area contributed by atoms with E-state index in [4.69, 9.17) is 4.74 Å². The number of ether oxygens (including phenoxy) is 1. The predicted octanol–water partition coefficient (Wildman–Crippen LogP) is 3.73. The number of nitrogens with one attached hydrogen (secondary N) is 2. The Bertz CT molecular complexity index is 739. The molecule has 0 aliphatic carbocycles. The van der Waals surface area contributed by atoms with E-state index in [0.29, 0.717) is 31.6 Å². The zero-order chi connectivity index (χ0) is 19.5. The minimum atomic E-state index is -0.404. The zero-order valence-corrected chi connectivity index (χ0v) is 18.5. The fourth-order valence-electron chi connectivity index (χ4n) is 2.42. The van der Waals surface area contributed by atoms with Crippen LogP contribution < -0.4 is 10.6 Å². The number of guanidine groups is 1. The first-order valence-corrected chi connectivity index (χ1v) is 8.88. The van der Waals surface area contributed by atoms with Crippen molar-refractivity contribution in [2.24, 2.45) is 10.9 Å². The van der Waals surface area contributed by atoms with Crippen molar-refractivity contribution in [3.8, 4) is 0 Å². The summed E-state index contributed by atoms with van der Waals surface area (Å²) in [5, 5.41) is 17.1. The number of nitrogens with zero attached hydrogens (tertiary/aromatic N) is 2. The minimum absolute atomic E-state index is 0. The quantitative estimate of drug-likeness (QED) is 0.181. The molecule has 2 aromatic carbocycles. The molecule has 0 bridgehead atoms. The third-order valence-corrected chi connectivity index (χ3v) is 3.96. The maximum Gasteiger partial charge on any atom is 0.269 e. The lowest BCUT2D eigenvalue weighted by atomic mass is 10.2. The van der Waals surface area contributed by atoms with Gasteiger partial charge in [-0.3, -0.25) is 15.1 Å². The number of aliphatic imine (C=N–C) groups is 1. The summed E-state index contributed by atoms with van der Waals surface area (Å²) >= 11 is 0. The molecule has 28 heavy (non-hydrogen) atoms. The zero-order valence-electron chi connectivity index (χ0n) is 16.1. The van der Waals surface area contributed by atoms with Crippen LogP contribution in [0.3, 0.4) is 0 Å². The minimum Gasteiger partial charge on any atom is -0.376 e. The van der Waals surface area contributed by atoms with Gasteiger partial charge < -0.3 is 15.4 Å². The fraction of sp³-hybridized carbons (Fsp3) is 0.350. The van der Waals surface area contributed by atoms with Gasteiger partial charge in [0.2, 0.25) is 0 Å². The summed E-state index contributed by atoms with van der Waals surface area (Å²) in [6.45, 7) is 4.65. The summed E-state index contributed by atoms with van der Waals surface area (Å²) < 4.78 is 5.75. The molecule has 0 radical (unpaired) electrons. The number of benzene rings is 2. The van der Waals surface area contributed by atoms with Crippen LogP contribution in [0.2, 0.25) is 0 Å². The van der Waals surface area contributed by atoms with Crippen LogP contribution in [0.1, 0.15) is 18.1 Å². The Hall–Kier alpha value is -2.20. The van der Waals surface area contributed by atoms with Gasteiger partial charge in [0.05, 0.1) is 18.1 Å². The molecule has 0 saturated heterocycles. The Kier molecular flexibility index (Phi) is 11.1. The molecule has 152 valence electrons. The van der Waals surface area contributed by atoms with Crippen molar-refractivity contribution in [1.29, 1.82) is 0 Å². The smallest absolute Gasteiger partial charge is 0.269 e. The normalized spacial score (nSPS) is 12.0. The van der Waals surface area contributed by atoms with E-state index in [1.165, 1.54) is 17.7 Å². The Morgan fingerprint density at radius 2 is 1.79 bits per heavy atom. The van der Waals surface area contributed by atoms with Gasteiger partial charge in [0.15, 0.2) is 5.96 Å². The van der Waals surface area contributed by atoms with Crippen LogP contribution in [-0.4, -0.2) is 31.1 Å². The molecular weight excluding hydrogens is 471 g/mol. The first-order chi connectivity index (χ1) is 13.1. The Morgan fingerprint density at radius 3 is 2.39 bits per heavy atom. The highest BCUT2D eigenvalue weighted by atomic mass is 127. The van der Waals surface area contributed by atoms with Crippen molar-refractivity contribution in [2.75, 3.05) is 20.2 Å². The van der Waals surface area contributed by atoms with Gasteiger partial charge in [-0.2, -0.15) is 0 Å². The average molecular weight is 498 g/mol. The summed E-state index contributed by atoms with van der Waals surface area (Å²) in [7, 11) is 1.71. The van der Waals surface area contributed by atoms with E-state index < -0.39 is 4.92 Å². The predicted molar refractivity (Wildman–Crippen MR) is 122 cm³/mol. The van der Waals surface area contributed by atoms with Gasteiger partial charge >= 0.3 is 0 Å². The second kappa shape index (κ2) is 13.1. The summed E-state index contributed by atoms with van der Waals surface area (Å²) in [6.07, 6.45) is 0. The van der Waals surface area contributed by atoms with Gasteiger partial charge in [0.1, 0.15) is 0 Å². The number of non-ortho nitro benzene ring substituents is 1. The summed E-state index contributed by atoms with van der Waals surface area (Å²) in [6, 6.07) is 16.6. The Morgan fingerprint density at radius 1 is 1.11 bits per heavy atom. The molecule has 2 aromatic rings. The number of nitro benzene ring substituents is 1. The largest absolute Gasteiger partial charge is 0.376 e. The van der Waals surface area contributed by atoms with Crippen LogP contribution >= 0.6 is 24.0 Å². The summed E-state index contributed by atoms with van der Waals surface area (Å²) in [5.74, 6) is 1.01. The topological polar surface area (TPSA) is 88.8 Å². The van der Waals surface area contributed by atoms with E-state index in [0.717, 1.165) is 12.1 Å². The lowest BCUT2D eigenvalue weighted by Crippen LogP contribution is -2.39. The molecule has 2 rings (SSSR count). The van der Waals surface area contributed by atoms with Gasteiger partial charge in [-0.1, -0.05) is 49.4 Å². The molecule has 1 unspecified atom stereocenters. The molecule has 0 amide bonds. The highest BCUT2D eigenvalue weighted by Gasteiger charge is 2.06. The molecule has 8 heteroatoms. The van der Waals surface area contributed by atoms with E-state index in [9.17, 15) is 10.1 Å². The second-order valence-electron chi connectivity index (χ2n) is 6.34. The SMILES string of the molecule is CN=C(NCc1ccc([N+](=O)[O-])cc1)NCC(C)COCc1ccccc1.I. The third kappa shape index (κ3) is 8.66. The van der Waals surface area contributed by atoms with Gasteiger partial charge in [-0.25, -0.2) is 0 Å². The number of hydrogen-bond donors (Lipinski definition) is 2. The lowest BCUT2D eigenvalue weighted by molar-refractivity contribution is -0.384. The van der Waals surface area contributed by atoms with Crippen LogP contribution in [0.15, 0.2) is 59.6 Å². The molecule has 1 atom stereocenters. The van der Waals surface area contributed by atoms with Gasteiger partial charge in [0.25, 0.3) is 5.69 Å². The second-order valence-corrected chi connectivity index (χ2v) is 6.34. The monoisotopic (exact) mass is 498 g/mol. The molecule has 7 nitrogen and oxygen atoms in total. The number of rotatable bonds is 9. The highest BCUT2D eigenvalue weighted by Crippen LogP contribution is 2.11. The van der Waals surface area contributed by atoms with E-state index in [-0.39, 0.29) is 29.7 Å². The first-order valence-electron chi connectivity index (χ1n) is 8.88. The van der Waals surface area contributed by atoms with Crippen molar-refractivity contribution in [2.45, 2.75) is 20.1 Å². The molecule has 0 saturated carbocycles. The lowest BCUT2D eigenvalue weighted by Gasteiger charge is -2.16. The van der Waals surface area contributed by atoms with Crippen molar-refractivity contribution in [3.05, 3.63) is 75.8 Å². The standard InChI is InChI=1S/C20H26N4O3.HI/c1-16(14-27-15-18-6-4-3-5-7-18)12-22-20(21-2)23-13-17-8-10-19(11-9-17)24(25)26;/h3-11,16H,12-15H2,1-2H3,(H2,21,22,23);1H. The van der Waals surface area contributed by atoms with Crippen molar-refractivity contribution in [1.82, 2.24) is 10.6 Å². The van der Waals surface area contributed by atoms with E-state index in [1.54, 1.807) is 19.2 Å². The first kappa shape index (κ1) is 23.8. The van der Waals surface area contributed by atoms with E-state index >= 15 is 0 Å². The molecule has 0 aliphatic heterocycles. The van der Waals surface area contributed by atoms with Gasteiger partial charge in [0, 0.05) is 32.3 Å². The van der Waals surface area contributed by atoms with Crippen molar-refractivity contribution < 1.29 is 9.66 Å². The highest BCUT2D eigenvalue weighted by molar-refractivity contribution is 14.0. The van der Waals surface area contributed by atoms with Crippen LogP contribution in [-0.2, 0) is 17.9 Å². The number of hydrogen-bond acceptors (Lipinski definition) is 4. The number of nitro groups is 1. The Labute approximate surface area is 182 Å². The summed E-state index contributed by atoms with van der Waals surface area (Å²) in [4.78, 5) is 14.5. The molecule has 2 N–H and O–H groups in total. The van der Waals surface area contributed by atoms with E-state index in [2.05, 4.69) is 22.5 Å². The molecular formula is C20H27IN4O3. The van der Waals surface area contributed by atoms with Crippen molar-refractivity contribution in [3.63, 3.8) is 0 Å². The molecule has 0 heterocycles. The molecule has 0 aromatic heterocycles. The average Bonchev–Trinajstić information content (AvgIpc) is 2.69.